The van der Waals surface area contributed by atoms with Crippen LogP contribution < -0.4 is 10.2 Å². The van der Waals surface area contributed by atoms with Gasteiger partial charge in [-0.15, -0.1) is 0 Å². The van der Waals surface area contributed by atoms with Gasteiger partial charge in [0.05, 0.1) is 19.8 Å². The van der Waals surface area contributed by atoms with Crippen molar-refractivity contribution < 1.29 is 33.3 Å². The maximum atomic E-state index is 13.1. The van der Waals surface area contributed by atoms with Gasteiger partial charge in [0.2, 0.25) is 5.43 Å². The van der Waals surface area contributed by atoms with E-state index in [2.05, 4.69) is 0 Å². The molecule has 31 heavy (non-hydrogen) atoms. The van der Waals surface area contributed by atoms with Crippen LogP contribution in [0.4, 0.5) is 0 Å². The smallest absolute Gasteiger partial charge is 0.359 e. The highest BCUT2D eigenvalue weighted by Gasteiger charge is 2.28. The minimum atomic E-state index is -0.826. The Bertz CT molecular complexity index is 935. The zero-order chi connectivity index (χ0) is 22.8. The molecule has 0 saturated heterocycles. The molecule has 2 aromatic rings. The number of hydrogen-bond donors (Lipinski definition) is 0. The first kappa shape index (κ1) is 24.1. The largest absolute Gasteiger partial charge is 0.482 e. The average Bonchev–Trinajstić information content (AvgIpc) is 2.77. The number of carbonyl (C=O) groups excluding carboxylic acids is 2. The van der Waals surface area contributed by atoms with E-state index in [4.69, 9.17) is 23.7 Å². The molecule has 1 aromatic heterocycles. The highest BCUT2D eigenvalue weighted by Crippen LogP contribution is 2.20. The van der Waals surface area contributed by atoms with Crippen LogP contribution in [-0.2, 0) is 32.1 Å². The topological polar surface area (TPSA) is 102 Å². The van der Waals surface area contributed by atoms with E-state index in [1.165, 1.54) is 25.0 Å². The van der Waals surface area contributed by atoms with Crippen LogP contribution in [0, 0.1) is 0 Å². The molecule has 0 saturated carbocycles. The molecule has 1 aromatic carbocycles. The van der Waals surface area contributed by atoms with Gasteiger partial charge in [-0.25, -0.2) is 9.59 Å². The van der Waals surface area contributed by atoms with Crippen molar-refractivity contribution in [3.63, 3.8) is 0 Å². The second kappa shape index (κ2) is 11.9. The minimum absolute atomic E-state index is 0.00443. The molecule has 0 aliphatic rings. The maximum Gasteiger partial charge on any atom is 0.359 e. The summed E-state index contributed by atoms with van der Waals surface area (Å²) < 4.78 is 27.7. The van der Waals surface area contributed by atoms with Crippen molar-refractivity contribution in [1.29, 1.82) is 0 Å². The lowest BCUT2D eigenvalue weighted by molar-refractivity contribution is -0.111. The quantitative estimate of drug-likeness (QED) is 0.393. The van der Waals surface area contributed by atoms with Crippen LogP contribution in [0.15, 0.2) is 41.3 Å². The Labute approximate surface area is 180 Å². The Morgan fingerprint density at radius 2 is 1.58 bits per heavy atom. The lowest BCUT2D eigenvalue weighted by Gasteiger charge is -2.21. The number of ether oxygens (including phenoxy) is 5. The summed E-state index contributed by atoms with van der Waals surface area (Å²) >= 11 is 0. The molecular weight excluding hydrogens is 406 g/mol. The van der Waals surface area contributed by atoms with E-state index in [0.29, 0.717) is 0 Å². The van der Waals surface area contributed by atoms with E-state index in [1.807, 2.05) is 30.3 Å². The minimum Gasteiger partial charge on any atom is -0.482 e. The first-order chi connectivity index (χ1) is 15.0. The van der Waals surface area contributed by atoms with Crippen molar-refractivity contribution in [2.45, 2.75) is 33.3 Å². The number of pyridine rings is 1. The zero-order valence-corrected chi connectivity index (χ0v) is 18.1. The molecule has 168 valence electrons. The number of benzene rings is 1. The normalized spacial score (nSPS) is 10.7. The number of hydrogen-bond acceptors (Lipinski definition) is 8. The van der Waals surface area contributed by atoms with E-state index in [-0.39, 0.29) is 43.4 Å². The third-order valence-corrected chi connectivity index (χ3v) is 4.30. The Balaban J connectivity index is 2.64. The fourth-order valence-corrected chi connectivity index (χ4v) is 2.82. The van der Waals surface area contributed by atoms with Crippen molar-refractivity contribution in [3.8, 4) is 5.75 Å². The highest BCUT2D eigenvalue weighted by molar-refractivity contribution is 5.94. The number of esters is 2. The molecule has 0 bridgehead atoms. The SMILES string of the molecule is CCOC(=O)c1cn(CC(OC)OC)c(C(=O)OCC)c(OCc2ccccc2)c1=O. The summed E-state index contributed by atoms with van der Waals surface area (Å²) in [5.41, 5.74) is -0.407. The van der Waals surface area contributed by atoms with Crippen molar-refractivity contribution >= 4 is 11.9 Å². The fraction of sp³-hybridized carbons (Fsp3) is 0.409. The van der Waals surface area contributed by atoms with E-state index in [1.54, 1.807) is 13.8 Å². The van der Waals surface area contributed by atoms with Crippen LogP contribution in [0.1, 0.15) is 40.3 Å². The van der Waals surface area contributed by atoms with Crippen molar-refractivity contribution in [3.05, 3.63) is 63.6 Å². The molecule has 9 heteroatoms. The van der Waals surface area contributed by atoms with Crippen LogP contribution in [0.25, 0.3) is 0 Å². The summed E-state index contributed by atoms with van der Waals surface area (Å²) in [5, 5.41) is 0. The van der Waals surface area contributed by atoms with Gasteiger partial charge in [0.15, 0.2) is 17.7 Å². The average molecular weight is 433 g/mol. The number of methoxy groups -OCH3 is 2. The summed E-state index contributed by atoms with van der Waals surface area (Å²) in [6, 6.07) is 9.10. The molecule has 0 radical (unpaired) electrons. The van der Waals surface area contributed by atoms with Crippen molar-refractivity contribution in [2.75, 3.05) is 27.4 Å². The van der Waals surface area contributed by atoms with Gasteiger partial charge in [-0.05, 0) is 19.4 Å². The second-order valence-electron chi connectivity index (χ2n) is 6.32. The standard InChI is InChI=1S/C22H27NO8/c1-5-29-21(25)16-12-23(13-17(27-3)28-4)18(22(26)30-6-2)20(19(16)24)31-14-15-10-8-7-9-11-15/h7-12,17H,5-6,13-14H2,1-4H3. The molecule has 0 spiro atoms. The van der Waals surface area contributed by atoms with Crippen LogP contribution in [0.3, 0.4) is 0 Å². The van der Waals surface area contributed by atoms with Gasteiger partial charge < -0.3 is 28.3 Å². The predicted octanol–water partition coefficient (Wildman–Crippen LogP) is 2.40. The molecule has 9 nitrogen and oxygen atoms in total. The van der Waals surface area contributed by atoms with Gasteiger partial charge in [-0.3, -0.25) is 4.79 Å². The number of nitrogens with zero attached hydrogens (tertiary/aromatic N) is 1. The Morgan fingerprint density at radius 3 is 2.16 bits per heavy atom. The molecule has 0 amide bonds. The van der Waals surface area contributed by atoms with E-state index in [0.717, 1.165) is 5.56 Å². The summed E-state index contributed by atoms with van der Waals surface area (Å²) in [4.78, 5) is 38.3. The third-order valence-electron chi connectivity index (χ3n) is 4.30. The van der Waals surface area contributed by atoms with Crippen molar-refractivity contribution in [2.24, 2.45) is 0 Å². The van der Waals surface area contributed by atoms with Gasteiger partial charge in [0, 0.05) is 20.4 Å². The van der Waals surface area contributed by atoms with Gasteiger partial charge in [0.25, 0.3) is 0 Å². The molecule has 0 N–H and O–H groups in total. The molecule has 0 fully saturated rings. The maximum absolute atomic E-state index is 13.1. The molecule has 1 heterocycles. The van der Waals surface area contributed by atoms with E-state index >= 15 is 0 Å². The number of aromatic nitrogens is 1. The van der Waals surface area contributed by atoms with E-state index < -0.39 is 23.7 Å². The molecule has 0 unspecified atom stereocenters. The first-order valence-electron chi connectivity index (χ1n) is 9.80. The predicted molar refractivity (Wildman–Crippen MR) is 111 cm³/mol. The van der Waals surface area contributed by atoms with Gasteiger partial charge >= 0.3 is 11.9 Å². The third kappa shape index (κ3) is 6.16. The molecule has 0 atom stereocenters. The number of carbonyl (C=O) groups is 2. The first-order valence-corrected chi connectivity index (χ1v) is 9.80. The Kier molecular flexibility index (Phi) is 9.23. The van der Waals surface area contributed by atoms with Gasteiger partial charge in [0.1, 0.15) is 12.2 Å². The highest BCUT2D eigenvalue weighted by atomic mass is 16.7. The van der Waals surface area contributed by atoms with Crippen LogP contribution in [0.2, 0.25) is 0 Å². The fourth-order valence-electron chi connectivity index (χ4n) is 2.82. The van der Waals surface area contributed by atoms with Crippen LogP contribution in [0.5, 0.6) is 5.75 Å². The number of rotatable bonds is 11. The summed E-state index contributed by atoms with van der Waals surface area (Å²) in [5.74, 6) is -1.91. The molecule has 0 aliphatic carbocycles. The Hall–Kier alpha value is -3.17. The van der Waals surface area contributed by atoms with E-state index in [9.17, 15) is 14.4 Å². The van der Waals surface area contributed by atoms with Crippen LogP contribution >= 0.6 is 0 Å². The lowest BCUT2D eigenvalue weighted by Crippen LogP contribution is -2.31. The van der Waals surface area contributed by atoms with Crippen LogP contribution in [-0.4, -0.2) is 50.2 Å². The van der Waals surface area contributed by atoms with Gasteiger partial charge in [-0.1, -0.05) is 30.3 Å². The molecule has 0 aliphatic heterocycles. The summed E-state index contributed by atoms with van der Waals surface area (Å²) in [6.45, 7) is 3.44. The molecule has 2 rings (SSSR count). The zero-order valence-electron chi connectivity index (χ0n) is 18.1. The van der Waals surface area contributed by atoms with Crippen molar-refractivity contribution in [1.82, 2.24) is 4.57 Å². The van der Waals surface area contributed by atoms with Gasteiger partial charge in [-0.2, -0.15) is 0 Å². The Morgan fingerprint density at radius 1 is 0.968 bits per heavy atom. The monoisotopic (exact) mass is 433 g/mol. The molecular formula is C22H27NO8. The lowest BCUT2D eigenvalue weighted by atomic mass is 10.2. The second-order valence-corrected chi connectivity index (χ2v) is 6.32. The summed E-state index contributed by atoms with van der Waals surface area (Å²) in [7, 11) is 2.86. The summed E-state index contributed by atoms with van der Waals surface area (Å²) in [6.07, 6.45) is 0.472.